The molecule has 0 radical (unpaired) electrons. The normalized spacial score (nSPS) is 10.3. The lowest BCUT2D eigenvalue weighted by Gasteiger charge is -2.10. The van der Waals surface area contributed by atoms with E-state index in [1.165, 1.54) is 0 Å². The van der Waals surface area contributed by atoms with Crippen LogP contribution in [0.25, 0.3) is 0 Å². The third-order valence-electron chi connectivity index (χ3n) is 2.38. The number of ether oxygens (including phenoxy) is 1. The SMILES string of the molecule is Cc1cc(Oc2ccnc(Cl)n2)c(C)cc1N. The van der Waals surface area contributed by atoms with Crippen LogP contribution in [-0.2, 0) is 0 Å². The topological polar surface area (TPSA) is 61.0 Å². The van der Waals surface area contributed by atoms with Crippen molar-refractivity contribution in [1.82, 2.24) is 9.97 Å². The molecule has 88 valence electrons. The van der Waals surface area contributed by atoms with Crippen LogP contribution in [0.3, 0.4) is 0 Å². The van der Waals surface area contributed by atoms with Gasteiger partial charge in [-0.15, -0.1) is 0 Å². The first kappa shape index (κ1) is 11.7. The molecule has 1 aromatic heterocycles. The summed E-state index contributed by atoms with van der Waals surface area (Å²) < 4.78 is 5.63. The van der Waals surface area contributed by atoms with Crippen molar-refractivity contribution in [1.29, 1.82) is 0 Å². The number of aryl methyl sites for hydroxylation is 2. The van der Waals surface area contributed by atoms with E-state index in [2.05, 4.69) is 9.97 Å². The Bertz CT molecular complexity index is 557. The van der Waals surface area contributed by atoms with E-state index >= 15 is 0 Å². The third-order valence-corrected chi connectivity index (χ3v) is 2.56. The quantitative estimate of drug-likeness (QED) is 0.656. The van der Waals surface area contributed by atoms with Crippen molar-refractivity contribution in [3.8, 4) is 11.6 Å². The number of rotatable bonds is 2. The number of nitrogens with zero attached hydrogens (tertiary/aromatic N) is 2. The molecule has 0 amide bonds. The highest BCUT2D eigenvalue weighted by atomic mass is 35.5. The predicted molar refractivity (Wildman–Crippen MR) is 67.4 cm³/mol. The molecule has 0 aliphatic rings. The summed E-state index contributed by atoms with van der Waals surface area (Å²) in [7, 11) is 0. The number of nitrogens with two attached hydrogens (primary N) is 1. The van der Waals surface area contributed by atoms with Crippen LogP contribution in [0.2, 0.25) is 5.28 Å². The Morgan fingerprint density at radius 3 is 2.71 bits per heavy atom. The Labute approximate surface area is 104 Å². The molecule has 2 N–H and O–H groups in total. The first-order valence-electron chi connectivity index (χ1n) is 5.09. The van der Waals surface area contributed by atoms with E-state index in [1.807, 2.05) is 26.0 Å². The average molecular weight is 250 g/mol. The lowest BCUT2D eigenvalue weighted by Crippen LogP contribution is -1.95. The zero-order valence-corrected chi connectivity index (χ0v) is 10.3. The summed E-state index contributed by atoms with van der Waals surface area (Å²) in [6.07, 6.45) is 1.55. The molecule has 2 aromatic rings. The molecule has 0 atom stereocenters. The number of aromatic nitrogens is 2. The van der Waals surface area contributed by atoms with Gasteiger partial charge in [-0.1, -0.05) is 0 Å². The van der Waals surface area contributed by atoms with Crippen LogP contribution in [-0.4, -0.2) is 9.97 Å². The molecule has 5 heteroatoms. The fraction of sp³-hybridized carbons (Fsp3) is 0.167. The molecular weight excluding hydrogens is 238 g/mol. The van der Waals surface area contributed by atoms with Crippen LogP contribution < -0.4 is 10.5 Å². The van der Waals surface area contributed by atoms with Crippen molar-refractivity contribution >= 4 is 17.3 Å². The summed E-state index contributed by atoms with van der Waals surface area (Å²) >= 11 is 5.69. The van der Waals surface area contributed by atoms with Gasteiger partial charge in [-0.3, -0.25) is 0 Å². The van der Waals surface area contributed by atoms with E-state index in [0.29, 0.717) is 11.6 Å². The third kappa shape index (κ3) is 2.65. The van der Waals surface area contributed by atoms with E-state index < -0.39 is 0 Å². The molecule has 0 aliphatic carbocycles. The molecule has 0 spiro atoms. The lowest BCUT2D eigenvalue weighted by molar-refractivity contribution is 0.458. The van der Waals surface area contributed by atoms with Crippen LogP contribution >= 0.6 is 11.6 Å². The van der Waals surface area contributed by atoms with E-state index in [9.17, 15) is 0 Å². The number of benzene rings is 1. The largest absolute Gasteiger partial charge is 0.439 e. The summed E-state index contributed by atoms with van der Waals surface area (Å²) in [4.78, 5) is 7.75. The van der Waals surface area contributed by atoms with Crippen LogP contribution in [0.4, 0.5) is 5.69 Å². The van der Waals surface area contributed by atoms with Gasteiger partial charge in [0.1, 0.15) is 5.75 Å². The lowest BCUT2D eigenvalue weighted by atomic mass is 10.1. The van der Waals surface area contributed by atoms with Crippen molar-refractivity contribution in [2.75, 3.05) is 5.73 Å². The smallest absolute Gasteiger partial charge is 0.225 e. The highest BCUT2D eigenvalue weighted by Gasteiger charge is 2.06. The molecule has 0 bridgehead atoms. The summed E-state index contributed by atoms with van der Waals surface area (Å²) in [6.45, 7) is 3.85. The van der Waals surface area contributed by atoms with Gasteiger partial charge in [0.2, 0.25) is 11.2 Å². The van der Waals surface area contributed by atoms with E-state index in [4.69, 9.17) is 22.1 Å². The zero-order valence-electron chi connectivity index (χ0n) is 9.57. The van der Waals surface area contributed by atoms with Crippen molar-refractivity contribution in [3.63, 3.8) is 0 Å². The Morgan fingerprint density at radius 1 is 1.24 bits per heavy atom. The maximum Gasteiger partial charge on any atom is 0.225 e. The summed E-state index contributed by atoms with van der Waals surface area (Å²) in [5.41, 5.74) is 8.46. The minimum absolute atomic E-state index is 0.160. The van der Waals surface area contributed by atoms with Crippen molar-refractivity contribution < 1.29 is 4.74 Å². The fourth-order valence-corrected chi connectivity index (χ4v) is 1.55. The highest BCUT2D eigenvalue weighted by molar-refractivity contribution is 6.28. The Hall–Kier alpha value is -1.81. The van der Waals surface area contributed by atoms with Gasteiger partial charge in [0.25, 0.3) is 0 Å². The van der Waals surface area contributed by atoms with Crippen LogP contribution in [0.15, 0.2) is 24.4 Å². The molecule has 1 aromatic carbocycles. The summed E-state index contributed by atoms with van der Waals surface area (Å²) in [5, 5.41) is 0.160. The van der Waals surface area contributed by atoms with Gasteiger partial charge in [0.05, 0.1) is 0 Å². The standard InChI is InChI=1S/C12H12ClN3O/c1-7-6-10(8(2)5-9(7)14)17-11-3-4-15-12(13)16-11/h3-6H,14H2,1-2H3. The second-order valence-corrected chi connectivity index (χ2v) is 4.08. The molecule has 0 unspecified atom stereocenters. The van der Waals surface area contributed by atoms with Gasteiger partial charge in [-0.05, 0) is 48.7 Å². The van der Waals surface area contributed by atoms with Gasteiger partial charge in [-0.25, -0.2) is 4.98 Å². The minimum Gasteiger partial charge on any atom is -0.439 e. The second-order valence-electron chi connectivity index (χ2n) is 3.74. The Morgan fingerprint density at radius 2 is 2.00 bits per heavy atom. The maximum absolute atomic E-state index is 5.80. The monoisotopic (exact) mass is 249 g/mol. The first-order valence-corrected chi connectivity index (χ1v) is 5.47. The van der Waals surface area contributed by atoms with Crippen molar-refractivity contribution in [3.05, 3.63) is 40.8 Å². The first-order chi connectivity index (χ1) is 8.06. The average Bonchev–Trinajstić information content (AvgIpc) is 2.26. The molecule has 0 aliphatic heterocycles. The Kier molecular flexibility index (Phi) is 3.15. The summed E-state index contributed by atoms with van der Waals surface area (Å²) in [5.74, 6) is 1.13. The van der Waals surface area contributed by atoms with Gasteiger partial charge in [0, 0.05) is 18.0 Å². The van der Waals surface area contributed by atoms with Gasteiger partial charge in [0.15, 0.2) is 0 Å². The Balaban J connectivity index is 2.33. The van der Waals surface area contributed by atoms with Crippen LogP contribution in [0.1, 0.15) is 11.1 Å². The van der Waals surface area contributed by atoms with Gasteiger partial charge in [-0.2, -0.15) is 4.98 Å². The van der Waals surface area contributed by atoms with Crippen LogP contribution in [0.5, 0.6) is 11.6 Å². The highest BCUT2D eigenvalue weighted by Crippen LogP contribution is 2.28. The van der Waals surface area contributed by atoms with E-state index in [-0.39, 0.29) is 5.28 Å². The fourth-order valence-electron chi connectivity index (χ4n) is 1.41. The molecule has 0 fully saturated rings. The number of hydrogen-bond acceptors (Lipinski definition) is 4. The molecule has 0 saturated heterocycles. The van der Waals surface area contributed by atoms with Crippen molar-refractivity contribution in [2.45, 2.75) is 13.8 Å². The molecule has 4 nitrogen and oxygen atoms in total. The molecule has 0 saturated carbocycles. The van der Waals surface area contributed by atoms with Gasteiger partial charge < -0.3 is 10.5 Å². The number of anilines is 1. The minimum atomic E-state index is 0.160. The number of halogens is 1. The second kappa shape index (κ2) is 4.59. The molecule has 2 rings (SSSR count). The summed E-state index contributed by atoms with van der Waals surface area (Å²) in [6, 6.07) is 5.39. The molecular formula is C12H12ClN3O. The number of hydrogen-bond donors (Lipinski definition) is 1. The zero-order chi connectivity index (χ0) is 12.4. The van der Waals surface area contributed by atoms with E-state index in [0.717, 1.165) is 16.8 Å². The van der Waals surface area contributed by atoms with Crippen molar-refractivity contribution in [2.24, 2.45) is 0 Å². The number of nitrogen functional groups attached to an aromatic ring is 1. The molecule has 1 heterocycles. The van der Waals surface area contributed by atoms with Crippen LogP contribution in [0, 0.1) is 13.8 Å². The molecule has 17 heavy (non-hydrogen) atoms. The predicted octanol–water partition coefficient (Wildman–Crippen LogP) is 3.12. The maximum atomic E-state index is 5.80. The van der Waals surface area contributed by atoms with Gasteiger partial charge >= 0.3 is 0 Å². The van der Waals surface area contributed by atoms with E-state index in [1.54, 1.807) is 12.3 Å².